The summed E-state index contributed by atoms with van der Waals surface area (Å²) in [5.74, 6) is -1.10. The molecule has 2 atom stereocenters. The number of carbonyl (C=O) groups excluding carboxylic acids is 1. The highest BCUT2D eigenvalue weighted by molar-refractivity contribution is 6.33. The van der Waals surface area contributed by atoms with Gasteiger partial charge in [-0.3, -0.25) is 0 Å². The molecule has 1 aromatic rings. The quantitative estimate of drug-likeness (QED) is 0.880. The number of rotatable bonds is 2. The number of anilines is 1. The predicted octanol–water partition coefficient (Wildman–Crippen LogP) is 2.68. The van der Waals surface area contributed by atoms with Gasteiger partial charge in [0, 0.05) is 18.8 Å². The zero-order valence-corrected chi connectivity index (χ0v) is 12.6. The van der Waals surface area contributed by atoms with Gasteiger partial charge in [-0.05, 0) is 32.0 Å². The van der Waals surface area contributed by atoms with E-state index < -0.39 is 5.97 Å². The fourth-order valence-corrected chi connectivity index (χ4v) is 2.57. The summed E-state index contributed by atoms with van der Waals surface area (Å²) in [5.41, 5.74) is 0.463. The number of nitrogens with zero attached hydrogens (tertiary/aromatic N) is 1. The summed E-state index contributed by atoms with van der Waals surface area (Å²) in [6, 6.07) is 4.05. The number of carbonyl (C=O) groups is 2. The average molecular weight is 313 g/mol. The van der Waals surface area contributed by atoms with Crippen LogP contribution in [-0.4, -0.2) is 47.3 Å². The van der Waals surface area contributed by atoms with Crippen LogP contribution in [0.4, 0.5) is 10.5 Å². The number of morpholine rings is 1. The number of ether oxygens (including phenoxy) is 1. The van der Waals surface area contributed by atoms with Crippen molar-refractivity contribution in [3.8, 4) is 0 Å². The Bertz CT molecular complexity index is 554. The highest BCUT2D eigenvalue weighted by Gasteiger charge is 2.26. The van der Waals surface area contributed by atoms with Gasteiger partial charge in [0.1, 0.15) is 0 Å². The molecule has 1 heterocycles. The summed E-state index contributed by atoms with van der Waals surface area (Å²) < 4.78 is 5.57. The number of hydrogen-bond acceptors (Lipinski definition) is 3. The van der Waals surface area contributed by atoms with Crippen molar-refractivity contribution in [1.82, 2.24) is 4.90 Å². The topological polar surface area (TPSA) is 78.9 Å². The Morgan fingerprint density at radius 3 is 2.48 bits per heavy atom. The lowest BCUT2D eigenvalue weighted by Crippen LogP contribution is -2.49. The third-order valence-electron chi connectivity index (χ3n) is 3.16. The molecular formula is C14H17ClN2O4. The van der Waals surface area contributed by atoms with E-state index in [0.29, 0.717) is 18.8 Å². The standard InChI is InChI=1S/C14H17ClN2O4/c1-8-6-17(7-9(2)21-8)14(20)16-10-3-4-11(13(18)19)12(15)5-10/h3-5,8-9H,6-7H2,1-2H3,(H,16,20)(H,18,19). The Morgan fingerprint density at radius 1 is 1.33 bits per heavy atom. The molecule has 6 nitrogen and oxygen atoms in total. The van der Waals surface area contributed by atoms with Gasteiger partial charge in [-0.15, -0.1) is 0 Å². The molecule has 1 aliphatic rings. The number of nitrogens with one attached hydrogen (secondary N) is 1. The van der Waals surface area contributed by atoms with Crippen molar-refractivity contribution >= 4 is 29.3 Å². The molecule has 7 heteroatoms. The van der Waals surface area contributed by atoms with E-state index in [1.54, 1.807) is 4.90 Å². The molecular weight excluding hydrogens is 296 g/mol. The molecule has 1 saturated heterocycles. The SMILES string of the molecule is CC1CN(C(=O)Nc2ccc(C(=O)O)c(Cl)c2)CC(C)O1. The molecule has 0 bridgehead atoms. The molecule has 2 amide bonds. The van der Waals surface area contributed by atoms with Crippen molar-refractivity contribution in [3.63, 3.8) is 0 Å². The highest BCUT2D eigenvalue weighted by atomic mass is 35.5. The van der Waals surface area contributed by atoms with Crippen LogP contribution in [-0.2, 0) is 4.74 Å². The first-order valence-corrected chi connectivity index (χ1v) is 6.99. The maximum absolute atomic E-state index is 12.2. The predicted molar refractivity (Wildman–Crippen MR) is 79.0 cm³/mol. The number of amides is 2. The first-order valence-electron chi connectivity index (χ1n) is 6.61. The highest BCUT2D eigenvalue weighted by Crippen LogP contribution is 2.21. The van der Waals surface area contributed by atoms with Crippen molar-refractivity contribution in [2.24, 2.45) is 0 Å². The number of hydrogen-bond donors (Lipinski definition) is 2. The number of urea groups is 1. The van der Waals surface area contributed by atoms with Crippen molar-refractivity contribution in [2.45, 2.75) is 26.1 Å². The Hall–Kier alpha value is -1.79. The number of benzene rings is 1. The van der Waals surface area contributed by atoms with E-state index in [1.807, 2.05) is 13.8 Å². The van der Waals surface area contributed by atoms with Gasteiger partial charge in [-0.25, -0.2) is 9.59 Å². The fourth-order valence-electron chi connectivity index (χ4n) is 2.31. The molecule has 1 aliphatic heterocycles. The molecule has 0 aromatic heterocycles. The van der Waals surface area contributed by atoms with Crippen LogP contribution >= 0.6 is 11.6 Å². The second kappa shape index (κ2) is 6.32. The van der Waals surface area contributed by atoms with E-state index in [-0.39, 0.29) is 28.8 Å². The number of carboxylic acid groups (broad SMARTS) is 1. The Labute approximate surface area is 127 Å². The smallest absolute Gasteiger partial charge is 0.337 e. The van der Waals surface area contributed by atoms with E-state index >= 15 is 0 Å². The summed E-state index contributed by atoms with van der Waals surface area (Å²) >= 11 is 5.87. The largest absolute Gasteiger partial charge is 0.478 e. The van der Waals surface area contributed by atoms with Gasteiger partial charge in [0.25, 0.3) is 0 Å². The lowest BCUT2D eigenvalue weighted by molar-refractivity contribution is -0.0530. The third kappa shape index (κ3) is 3.86. The van der Waals surface area contributed by atoms with Gasteiger partial charge in [-0.2, -0.15) is 0 Å². The number of aromatic carboxylic acids is 1. The van der Waals surface area contributed by atoms with Crippen LogP contribution in [0.25, 0.3) is 0 Å². The van der Waals surface area contributed by atoms with E-state index in [0.717, 1.165) is 0 Å². The summed E-state index contributed by atoms with van der Waals surface area (Å²) in [4.78, 5) is 24.7. The van der Waals surface area contributed by atoms with Gasteiger partial charge in [0.15, 0.2) is 0 Å². The van der Waals surface area contributed by atoms with Gasteiger partial charge in [0.2, 0.25) is 0 Å². The van der Waals surface area contributed by atoms with E-state index in [1.165, 1.54) is 18.2 Å². The van der Waals surface area contributed by atoms with E-state index in [2.05, 4.69) is 5.32 Å². The molecule has 1 aromatic carbocycles. The molecule has 0 saturated carbocycles. The molecule has 2 rings (SSSR count). The van der Waals surface area contributed by atoms with Crippen LogP contribution < -0.4 is 5.32 Å². The Morgan fingerprint density at radius 2 is 1.95 bits per heavy atom. The maximum Gasteiger partial charge on any atom is 0.337 e. The van der Waals surface area contributed by atoms with Crippen molar-refractivity contribution in [2.75, 3.05) is 18.4 Å². The van der Waals surface area contributed by atoms with Crippen LogP contribution in [0.3, 0.4) is 0 Å². The van der Waals surface area contributed by atoms with Crippen LogP contribution in [0.15, 0.2) is 18.2 Å². The molecule has 21 heavy (non-hydrogen) atoms. The first kappa shape index (κ1) is 15.6. The van der Waals surface area contributed by atoms with Crippen LogP contribution in [0, 0.1) is 0 Å². The molecule has 2 N–H and O–H groups in total. The lowest BCUT2D eigenvalue weighted by atomic mass is 10.2. The van der Waals surface area contributed by atoms with E-state index in [9.17, 15) is 9.59 Å². The average Bonchev–Trinajstić information content (AvgIpc) is 2.37. The third-order valence-corrected chi connectivity index (χ3v) is 3.47. The summed E-state index contributed by atoms with van der Waals surface area (Å²) in [6.45, 7) is 4.84. The van der Waals surface area contributed by atoms with Crippen molar-refractivity contribution in [3.05, 3.63) is 28.8 Å². The van der Waals surface area contributed by atoms with Crippen molar-refractivity contribution in [1.29, 1.82) is 0 Å². The molecule has 2 unspecified atom stereocenters. The zero-order valence-electron chi connectivity index (χ0n) is 11.8. The first-order chi connectivity index (χ1) is 9.86. The van der Waals surface area contributed by atoms with Crippen LogP contribution in [0.2, 0.25) is 5.02 Å². The van der Waals surface area contributed by atoms with Crippen molar-refractivity contribution < 1.29 is 19.4 Å². The summed E-state index contributed by atoms with van der Waals surface area (Å²) in [5, 5.41) is 11.7. The van der Waals surface area contributed by atoms with Gasteiger partial charge >= 0.3 is 12.0 Å². The Kier molecular flexibility index (Phi) is 4.69. The van der Waals surface area contributed by atoms with Crippen LogP contribution in [0.5, 0.6) is 0 Å². The molecule has 114 valence electrons. The second-order valence-electron chi connectivity index (χ2n) is 5.09. The molecule has 1 fully saturated rings. The fraction of sp³-hybridized carbons (Fsp3) is 0.429. The van der Waals surface area contributed by atoms with Gasteiger partial charge < -0.3 is 20.1 Å². The minimum atomic E-state index is -1.10. The van der Waals surface area contributed by atoms with E-state index in [4.69, 9.17) is 21.4 Å². The minimum absolute atomic E-state index is 0.00304. The van der Waals surface area contributed by atoms with Crippen LogP contribution in [0.1, 0.15) is 24.2 Å². The summed E-state index contributed by atoms with van der Waals surface area (Å²) in [7, 11) is 0. The Balaban J connectivity index is 2.06. The van der Waals surface area contributed by atoms with Gasteiger partial charge in [-0.1, -0.05) is 11.6 Å². The maximum atomic E-state index is 12.2. The number of carboxylic acids is 1. The zero-order chi connectivity index (χ0) is 15.6. The monoisotopic (exact) mass is 312 g/mol. The second-order valence-corrected chi connectivity index (χ2v) is 5.50. The number of halogens is 1. The minimum Gasteiger partial charge on any atom is -0.478 e. The molecule has 0 radical (unpaired) electrons. The normalized spacial score (nSPS) is 22.0. The molecule has 0 aliphatic carbocycles. The lowest BCUT2D eigenvalue weighted by Gasteiger charge is -2.35. The molecule has 0 spiro atoms. The summed E-state index contributed by atoms with van der Waals surface area (Å²) in [6.07, 6.45) is -0.0325. The van der Waals surface area contributed by atoms with Gasteiger partial charge in [0.05, 0.1) is 22.8 Å².